The predicted octanol–water partition coefficient (Wildman–Crippen LogP) is 0.0333. The van der Waals surface area contributed by atoms with Crippen molar-refractivity contribution in [3.63, 3.8) is 0 Å². The summed E-state index contributed by atoms with van der Waals surface area (Å²) >= 11 is 0. The molecule has 3 atom stereocenters. The van der Waals surface area contributed by atoms with Crippen LogP contribution in [0.15, 0.2) is 0 Å². The van der Waals surface area contributed by atoms with Crippen molar-refractivity contribution in [2.24, 2.45) is 0 Å². The predicted molar refractivity (Wildman–Crippen MR) is 63.9 cm³/mol. The second-order valence-electron chi connectivity index (χ2n) is 4.68. The van der Waals surface area contributed by atoms with E-state index in [4.69, 9.17) is 4.74 Å². The molecule has 0 unspecified atom stereocenters. The Labute approximate surface area is 98.2 Å². The normalized spacial score (nSPS) is 30.2. The van der Waals surface area contributed by atoms with Crippen LogP contribution < -0.4 is 4.72 Å². The molecule has 96 valence electrons. The lowest BCUT2D eigenvalue weighted by Gasteiger charge is -2.38. The number of nitrogens with one attached hydrogen (secondary N) is 1. The maximum absolute atomic E-state index is 11.0. The van der Waals surface area contributed by atoms with Crippen LogP contribution in [0.5, 0.6) is 0 Å². The fourth-order valence-corrected chi connectivity index (χ4v) is 2.52. The first-order valence-corrected chi connectivity index (χ1v) is 7.51. The first-order valence-electron chi connectivity index (χ1n) is 5.62. The van der Waals surface area contributed by atoms with Crippen LogP contribution in [-0.4, -0.2) is 57.5 Å². The largest absolute Gasteiger partial charge is 0.373 e. The number of morpholine rings is 1. The summed E-state index contributed by atoms with van der Waals surface area (Å²) in [5, 5.41) is 0. The van der Waals surface area contributed by atoms with Gasteiger partial charge in [0, 0.05) is 25.7 Å². The number of sulfonamides is 1. The number of hydrogen-bond acceptors (Lipinski definition) is 4. The molecule has 0 aromatic rings. The SMILES string of the molecule is C[C@@H]1CN([C@H](C)CNS(C)(=O)=O)C[C@@H](C)O1. The minimum absolute atomic E-state index is 0.198. The van der Waals surface area contributed by atoms with Gasteiger partial charge in [-0.3, -0.25) is 4.90 Å². The maximum atomic E-state index is 11.0. The molecule has 6 heteroatoms. The molecule has 0 saturated carbocycles. The van der Waals surface area contributed by atoms with Gasteiger partial charge in [-0.15, -0.1) is 0 Å². The van der Waals surface area contributed by atoms with Crippen molar-refractivity contribution < 1.29 is 13.2 Å². The van der Waals surface area contributed by atoms with Gasteiger partial charge in [0.05, 0.1) is 18.5 Å². The standard InChI is InChI=1S/C10H22N2O3S/c1-8(5-11-16(4,13)14)12-6-9(2)15-10(3)7-12/h8-11H,5-7H2,1-4H3/t8-,9-,10-/m1/s1. The summed E-state index contributed by atoms with van der Waals surface area (Å²) in [6.07, 6.45) is 1.61. The Hall–Kier alpha value is -0.170. The van der Waals surface area contributed by atoms with Crippen molar-refractivity contribution in [3.05, 3.63) is 0 Å². The highest BCUT2D eigenvalue weighted by molar-refractivity contribution is 7.88. The monoisotopic (exact) mass is 250 g/mol. The highest BCUT2D eigenvalue weighted by Gasteiger charge is 2.25. The van der Waals surface area contributed by atoms with Crippen LogP contribution in [0.2, 0.25) is 0 Å². The van der Waals surface area contributed by atoms with Gasteiger partial charge in [0.25, 0.3) is 0 Å². The zero-order valence-electron chi connectivity index (χ0n) is 10.4. The Kier molecular flexibility index (Phi) is 4.73. The number of hydrogen-bond donors (Lipinski definition) is 1. The maximum Gasteiger partial charge on any atom is 0.208 e. The van der Waals surface area contributed by atoms with E-state index < -0.39 is 10.0 Å². The molecule has 0 aromatic carbocycles. The van der Waals surface area contributed by atoms with Crippen LogP contribution in [0.1, 0.15) is 20.8 Å². The van der Waals surface area contributed by atoms with E-state index in [2.05, 4.69) is 9.62 Å². The highest BCUT2D eigenvalue weighted by Crippen LogP contribution is 2.13. The molecule has 1 rings (SSSR count). The van der Waals surface area contributed by atoms with Crippen LogP contribution in [0.3, 0.4) is 0 Å². The molecule has 16 heavy (non-hydrogen) atoms. The quantitative estimate of drug-likeness (QED) is 0.765. The summed E-state index contributed by atoms with van der Waals surface area (Å²) in [6.45, 7) is 8.29. The van der Waals surface area contributed by atoms with Crippen molar-refractivity contribution in [2.45, 2.75) is 39.0 Å². The molecule has 1 aliphatic heterocycles. The summed E-state index contributed by atoms with van der Waals surface area (Å²) in [5.41, 5.74) is 0. The van der Waals surface area contributed by atoms with Crippen molar-refractivity contribution in [1.29, 1.82) is 0 Å². The second kappa shape index (κ2) is 5.44. The Bertz CT molecular complexity index is 308. The lowest BCUT2D eigenvalue weighted by molar-refractivity contribution is -0.0776. The van der Waals surface area contributed by atoms with E-state index in [1.165, 1.54) is 6.26 Å². The summed E-state index contributed by atoms with van der Waals surface area (Å²) in [6, 6.07) is 0.198. The van der Waals surface area contributed by atoms with Gasteiger partial charge in [-0.25, -0.2) is 13.1 Å². The van der Waals surface area contributed by atoms with Crippen LogP contribution in [0.4, 0.5) is 0 Å². The third-order valence-electron chi connectivity index (χ3n) is 2.71. The summed E-state index contributed by atoms with van der Waals surface area (Å²) in [5.74, 6) is 0. The van der Waals surface area contributed by atoms with Gasteiger partial charge in [-0.1, -0.05) is 0 Å². The van der Waals surface area contributed by atoms with Crippen molar-refractivity contribution in [3.8, 4) is 0 Å². The van der Waals surface area contributed by atoms with Crippen LogP contribution >= 0.6 is 0 Å². The fraction of sp³-hybridized carbons (Fsp3) is 1.00. The lowest BCUT2D eigenvalue weighted by Crippen LogP contribution is -2.52. The fourth-order valence-electron chi connectivity index (χ4n) is 1.98. The van der Waals surface area contributed by atoms with E-state index in [9.17, 15) is 8.42 Å². The second-order valence-corrected chi connectivity index (χ2v) is 6.51. The van der Waals surface area contributed by atoms with E-state index >= 15 is 0 Å². The zero-order chi connectivity index (χ0) is 12.3. The number of nitrogens with zero attached hydrogens (tertiary/aromatic N) is 1. The smallest absolute Gasteiger partial charge is 0.208 e. The number of ether oxygens (including phenoxy) is 1. The van der Waals surface area contributed by atoms with Gasteiger partial charge in [0.1, 0.15) is 0 Å². The molecular weight excluding hydrogens is 228 g/mol. The molecule has 1 aliphatic rings. The molecule has 1 saturated heterocycles. The topological polar surface area (TPSA) is 58.6 Å². The highest BCUT2D eigenvalue weighted by atomic mass is 32.2. The van der Waals surface area contributed by atoms with Gasteiger partial charge >= 0.3 is 0 Å². The molecule has 5 nitrogen and oxygen atoms in total. The van der Waals surface area contributed by atoms with Gasteiger partial charge < -0.3 is 4.74 Å². The average molecular weight is 250 g/mol. The van der Waals surface area contributed by atoms with Crippen LogP contribution in [0, 0.1) is 0 Å². The molecule has 0 bridgehead atoms. The average Bonchev–Trinajstić information content (AvgIpc) is 2.11. The molecule has 1 heterocycles. The van der Waals surface area contributed by atoms with E-state index in [1.807, 2.05) is 20.8 Å². The van der Waals surface area contributed by atoms with Crippen molar-refractivity contribution in [2.75, 3.05) is 25.9 Å². The van der Waals surface area contributed by atoms with Gasteiger partial charge in [0.2, 0.25) is 10.0 Å². The lowest BCUT2D eigenvalue weighted by atomic mass is 10.2. The van der Waals surface area contributed by atoms with Crippen molar-refractivity contribution >= 4 is 10.0 Å². The Morgan fingerprint density at radius 3 is 2.31 bits per heavy atom. The third-order valence-corrected chi connectivity index (χ3v) is 3.40. The summed E-state index contributed by atoms with van der Waals surface area (Å²) in [4.78, 5) is 2.26. The molecule has 1 fully saturated rings. The van der Waals surface area contributed by atoms with E-state index in [0.29, 0.717) is 6.54 Å². The Morgan fingerprint density at radius 2 is 1.88 bits per heavy atom. The zero-order valence-corrected chi connectivity index (χ0v) is 11.3. The van der Waals surface area contributed by atoms with E-state index in [0.717, 1.165) is 13.1 Å². The minimum Gasteiger partial charge on any atom is -0.373 e. The molecular formula is C10H22N2O3S. The minimum atomic E-state index is -3.09. The summed E-state index contributed by atoms with van der Waals surface area (Å²) < 4.78 is 30.2. The first-order chi connectivity index (χ1) is 7.28. The van der Waals surface area contributed by atoms with Gasteiger partial charge in [-0.2, -0.15) is 0 Å². The number of rotatable bonds is 4. The van der Waals surface area contributed by atoms with Crippen LogP contribution in [-0.2, 0) is 14.8 Å². The molecule has 0 aromatic heterocycles. The van der Waals surface area contributed by atoms with Crippen molar-refractivity contribution in [1.82, 2.24) is 9.62 Å². The molecule has 0 aliphatic carbocycles. The van der Waals surface area contributed by atoms with Crippen LogP contribution in [0.25, 0.3) is 0 Å². The first kappa shape index (κ1) is 13.9. The van der Waals surface area contributed by atoms with E-state index in [-0.39, 0.29) is 18.2 Å². The Balaban J connectivity index is 2.44. The van der Waals surface area contributed by atoms with E-state index in [1.54, 1.807) is 0 Å². The molecule has 0 amide bonds. The molecule has 0 spiro atoms. The Morgan fingerprint density at radius 1 is 1.38 bits per heavy atom. The van der Waals surface area contributed by atoms with Gasteiger partial charge in [-0.05, 0) is 20.8 Å². The van der Waals surface area contributed by atoms with Gasteiger partial charge in [0.15, 0.2) is 0 Å². The molecule has 1 N–H and O–H groups in total. The summed E-state index contributed by atoms with van der Waals surface area (Å²) in [7, 11) is -3.09. The molecule has 0 radical (unpaired) electrons. The third kappa shape index (κ3) is 4.78.